The third kappa shape index (κ3) is 3.71. The minimum atomic E-state index is -2.92. The second-order valence-electron chi connectivity index (χ2n) is 8.60. The fourth-order valence-corrected chi connectivity index (χ4v) is 4.85. The maximum absolute atomic E-state index is 13.5. The van der Waals surface area contributed by atoms with Crippen LogP contribution in [0.4, 0.5) is 20.3 Å². The Morgan fingerprint density at radius 2 is 2.03 bits per heavy atom. The number of hydrogen-bond acceptors (Lipinski definition) is 7. The van der Waals surface area contributed by atoms with Crippen molar-refractivity contribution in [2.75, 3.05) is 36.0 Å². The molecule has 0 unspecified atom stereocenters. The van der Waals surface area contributed by atoms with Crippen LogP contribution in [0.15, 0.2) is 18.3 Å². The van der Waals surface area contributed by atoms with Crippen molar-refractivity contribution in [3.05, 3.63) is 35.4 Å². The summed E-state index contributed by atoms with van der Waals surface area (Å²) in [5.41, 5.74) is 2.74. The highest BCUT2D eigenvalue weighted by molar-refractivity contribution is 5.82. The number of carbonyl (C=O) groups is 1. The molecule has 2 saturated heterocycles. The number of halogens is 2. The first-order valence-corrected chi connectivity index (χ1v) is 11.0. The number of pyridine rings is 1. The van der Waals surface area contributed by atoms with E-state index in [0.29, 0.717) is 26.1 Å². The lowest BCUT2D eigenvalue weighted by Gasteiger charge is -2.34. The van der Waals surface area contributed by atoms with Gasteiger partial charge in [-0.3, -0.25) is 4.79 Å². The number of rotatable bonds is 5. The SMILES string of the molecule is Cc1nc2c(c(N3CCC3)n1)[C@H](C)N(C(=O)[C@H]1CCN(c3ccnc(OC(F)F)c3)C1)C2. The third-order valence-corrected chi connectivity index (χ3v) is 6.59. The third-order valence-electron chi connectivity index (χ3n) is 6.59. The Kier molecular flexibility index (Phi) is 5.30. The van der Waals surface area contributed by atoms with Crippen molar-refractivity contribution in [1.82, 2.24) is 19.9 Å². The zero-order valence-electron chi connectivity index (χ0n) is 18.2. The number of aryl methyl sites for hydroxylation is 1. The number of nitrogens with zero attached hydrogens (tertiary/aromatic N) is 6. The molecule has 10 heteroatoms. The topological polar surface area (TPSA) is 74.7 Å². The van der Waals surface area contributed by atoms with Crippen LogP contribution in [0.2, 0.25) is 0 Å². The Bertz CT molecular complexity index is 1030. The average Bonchev–Trinajstić information content (AvgIpc) is 3.31. The molecule has 0 saturated carbocycles. The molecule has 2 aromatic heterocycles. The number of alkyl halides is 2. The van der Waals surface area contributed by atoms with Crippen LogP contribution in [0.25, 0.3) is 0 Å². The number of fused-ring (bicyclic) bond motifs is 1. The van der Waals surface area contributed by atoms with Crippen LogP contribution in [0.1, 0.15) is 42.9 Å². The van der Waals surface area contributed by atoms with E-state index in [1.807, 2.05) is 16.7 Å². The number of amides is 1. The summed E-state index contributed by atoms with van der Waals surface area (Å²) >= 11 is 0. The van der Waals surface area contributed by atoms with Crippen molar-refractivity contribution in [2.45, 2.75) is 45.9 Å². The molecule has 0 N–H and O–H groups in total. The highest BCUT2D eigenvalue weighted by Gasteiger charge is 2.40. The van der Waals surface area contributed by atoms with Crippen molar-refractivity contribution >= 4 is 17.4 Å². The van der Waals surface area contributed by atoms with E-state index in [2.05, 4.69) is 31.5 Å². The van der Waals surface area contributed by atoms with E-state index in [0.717, 1.165) is 48.1 Å². The molecule has 3 aliphatic rings. The molecule has 8 nitrogen and oxygen atoms in total. The van der Waals surface area contributed by atoms with Crippen LogP contribution in [-0.4, -0.2) is 58.5 Å². The van der Waals surface area contributed by atoms with Crippen LogP contribution in [0.5, 0.6) is 5.88 Å². The first-order chi connectivity index (χ1) is 15.4. The first kappa shape index (κ1) is 20.8. The van der Waals surface area contributed by atoms with Gasteiger partial charge in [0.2, 0.25) is 11.8 Å². The molecule has 0 radical (unpaired) electrons. The lowest BCUT2D eigenvalue weighted by Crippen LogP contribution is -2.39. The second kappa shape index (κ2) is 8.14. The smallest absolute Gasteiger partial charge is 0.388 e. The first-order valence-electron chi connectivity index (χ1n) is 11.0. The average molecular weight is 444 g/mol. The number of aromatic nitrogens is 3. The van der Waals surface area contributed by atoms with Gasteiger partial charge in [-0.15, -0.1) is 0 Å². The van der Waals surface area contributed by atoms with Crippen molar-refractivity contribution in [3.8, 4) is 5.88 Å². The van der Waals surface area contributed by atoms with E-state index in [1.165, 1.54) is 12.3 Å². The number of anilines is 2. The Balaban J connectivity index is 1.30. The summed E-state index contributed by atoms with van der Waals surface area (Å²) in [6.07, 6.45) is 3.31. The standard InChI is InChI=1S/C22H26F2N6O2/c1-13-19-17(26-14(2)27-20(19)28-7-3-8-28)12-30(13)21(31)15-5-9-29(11-15)16-4-6-25-18(10-16)32-22(23)24/h4,6,10,13,15,22H,3,5,7-9,11-12H2,1-2H3/t13-,15-/m0/s1. The van der Waals surface area contributed by atoms with Gasteiger partial charge >= 0.3 is 6.61 Å². The van der Waals surface area contributed by atoms with Gasteiger partial charge in [0.25, 0.3) is 0 Å². The maximum atomic E-state index is 13.5. The largest absolute Gasteiger partial charge is 0.417 e. The molecule has 0 aromatic carbocycles. The Hall–Kier alpha value is -3.04. The summed E-state index contributed by atoms with van der Waals surface area (Å²) in [4.78, 5) is 32.8. The summed E-state index contributed by atoms with van der Waals surface area (Å²) in [6.45, 7) is 4.70. The van der Waals surface area contributed by atoms with Crippen LogP contribution in [0.3, 0.4) is 0 Å². The van der Waals surface area contributed by atoms with Crippen LogP contribution in [-0.2, 0) is 11.3 Å². The quantitative estimate of drug-likeness (QED) is 0.702. The molecule has 32 heavy (non-hydrogen) atoms. The van der Waals surface area contributed by atoms with Crippen molar-refractivity contribution in [2.24, 2.45) is 5.92 Å². The number of hydrogen-bond donors (Lipinski definition) is 0. The van der Waals surface area contributed by atoms with Crippen LogP contribution < -0.4 is 14.5 Å². The van der Waals surface area contributed by atoms with Gasteiger partial charge < -0.3 is 19.4 Å². The molecule has 1 amide bonds. The molecule has 2 aromatic rings. The van der Waals surface area contributed by atoms with Crippen LogP contribution in [0, 0.1) is 12.8 Å². The normalized spacial score (nSPS) is 22.3. The summed E-state index contributed by atoms with van der Waals surface area (Å²) in [5, 5.41) is 0. The van der Waals surface area contributed by atoms with E-state index < -0.39 is 6.61 Å². The Labute approximate surface area is 185 Å². The monoisotopic (exact) mass is 444 g/mol. The molecule has 5 heterocycles. The minimum Gasteiger partial charge on any atom is -0.417 e. The van der Waals surface area contributed by atoms with E-state index >= 15 is 0 Å². The Morgan fingerprint density at radius 3 is 2.75 bits per heavy atom. The van der Waals surface area contributed by atoms with Gasteiger partial charge in [-0.2, -0.15) is 8.78 Å². The molecule has 2 atom stereocenters. The minimum absolute atomic E-state index is 0.0743. The predicted molar refractivity (Wildman–Crippen MR) is 114 cm³/mol. The van der Waals surface area contributed by atoms with E-state index in [9.17, 15) is 13.6 Å². The number of ether oxygens (including phenoxy) is 1. The molecule has 0 spiro atoms. The van der Waals surface area contributed by atoms with Crippen molar-refractivity contribution in [3.63, 3.8) is 0 Å². The van der Waals surface area contributed by atoms with Gasteiger partial charge in [0.05, 0.1) is 24.2 Å². The lowest BCUT2D eigenvalue weighted by atomic mass is 10.1. The van der Waals surface area contributed by atoms with E-state index in [1.54, 1.807) is 6.07 Å². The highest BCUT2D eigenvalue weighted by atomic mass is 19.3. The van der Waals surface area contributed by atoms with Gasteiger partial charge in [0.1, 0.15) is 11.6 Å². The van der Waals surface area contributed by atoms with E-state index in [-0.39, 0.29) is 23.7 Å². The Morgan fingerprint density at radius 1 is 1.22 bits per heavy atom. The molecule has 0 aliphatic carbocycles. The summed E-state index contributed by atoms with van der Waals surface area (Å²) in [6, 6.07) is 3.16. The van der Waals surface area contributed by atoms with E-state index in [4.69, 9.17) is 0 Å². The van der Waals surface area contributed by atoms with Gasteiger partial charge in [-0.25, -0.2) is 15.0 Å². The molecule has 0 bridgehead atoms. The number of carbonyl (C=O) groups excluding carboxylic acids is 1. The molecule has 2 fully saturated rings. The molecule has 170 valence electrons. The molecule has 5 rings (SSSR count). The lowest BCUT2D eigenvalue weighted by molar-refractivity contribution is -0.137. The summed E-state index contributed by atoms with van der Waals surface area (Å²) in [7, 11) is 0. The highest BCUT2D eigenvalue weighted by Crippen LogP contribution is 2.40. The van der Waals surface area contributed by atoms with Gasteiger partial charge in [0, 0.05) is 49.7 Å². The summed E-state index contributed by atoms with van der Waals surface area (Å²) < 4.78 is 29.4. The molecular formula is C22H26F2N6O2. The second-order valence-corrected chi connectivity index (χ2v) is 8.60. The van der Waals surface area contributed by atoms with Crippen molar-refractivity contribution < 1.29 is 18.3 Å². The van der Waals surface area contributed by atoms with Gasteiger partial charge in [-0.1, -0.05) is 0 Å². The zero-order chi connectivity index (χ0) is 22.4. The summed E-state index contributed by atoms with van der Waals surface area (Å²) in [5.74, 6) is 1.52. The maximum Gasteiger partial charge on any atom is 0.388 e. The fraction of sp³-hybridized carbons (Fsp3) is 0.545. The van der Waals surface area contributed by atoms with Gasteiger partial charge in [-0.05, 0) is 32.8 Å². The zero-order valence-corrected chi connectivity index (χ0v) is 18.2. The molecular weight excluding hydrogens is 418 g/mol. The van der Waals surface area contributed by atoms with Crippen molar-refractivity contribution in [1.29, 1.82) is 0 Å². The molecule has 3 aliphatic heterocycles. The fourth-order valence-electron chi connectivity index (χ4n) is 4.85. The van der Waals surface area contributed by atoms with Gasteiger partial charge in [0.15, 0.2) is 0 Å². The van der Waals surface area contributed by atoms with Crippen LogP contribution >= 0.6 is 0 Å². The predicted octanol–water partition coefficient (Wildman–Crippen LogP) is 2.92.